The van der Waals surface area contributed by atoms with E-state index in [9.17, 15) is 8.42 Å². The topological polar surface area (TPSA) is 90.6 Å². The van der Waals surface area contributed by atoms with Crippen LogP contribution in [0.4, 0.5) is 0 Å². The number of aryl methyl sites for hydroxylation is 2. The summed E-state index contributed by atoms with van der Waals surface area (Å²) in [6.07, 6.45) is 2.03. The van der Waals surface area contributed by atoms with Gasteiger partial charge in [0.2, 0.25) is 5.16 Å². The molecule has 138 valence electrons. The van der Waals surface area contributed by atoms with Crippen molar-refractivity contribution in [1.29, 1.82) is 0 Å². The summed E-state index contributed by atoms with van der Waals surface area (Å²) in [5.74, 6) is 0. The molecule has 27 heavy (non-hydrogen) atoms. The Balaban J connectivity index is 1.53. The Kier molecular flexibility index (Phi) is 4.94. The maximum Gasteiger partial charge on any atom is 0.216 e. The Hall–Kier alpha value is -2.30. The molecule has 0 unspecified atom stereocenters. The molecular formula is C17H15N5O2S3. The summed E-state index contributed by atoms with van der Waals surface area (Å²) in [6, 6.07) is 15.1. The molecule has 0 spiro atoms. The number of sulfone groups is 1. The fourth-order valence-corrected chi connectivity index (χ4v) is 5.25. The molecular weight excluding hydrogens is 402 g/mol. The molecule has 0 fully saturated rings. The molecule has 0 N–H and O–H groups in total. The van der Waals surface area contributed by atoms with E-state index < -0.39 is 9.84 Å². The molecule has 10 heteroatoms. The second-order valence-electron chi connectivity index (χ2n) is 5.90. The van der Waals surface area contributed by atoms with Gasteiger partial charge in [-0.3, -0.25) is 0 Å². The summed E-state index contributed by atoms with van der Waals surface area (Å²) in [6.45, 7) is 0.669. The van der Waals surface area contributed by atoms with E-state index in [0.29, 0.717) is 16.6 Å². The number of hydrogen-bond acceptors (Lipinski definition) is 8. The van der Waals surface area contributed by atoms with Crippen molar-refractivity contribution in [1.82, 2.24) is 25.2 Å². The molecule has 2 aromatic carbocycles. The summed E-state index contributed by atoms with van der Waals surface area (Å²) in [4.78, 5) is 4.84. The predicted molar refractivity (Wildman–Crippen MR) is 105 cm³/mol. The molecule has 4 aromatic rings. The molecule has 0 saturated heterocycles. The average Bonchev–Trinajstić information content (AvgIpc) is 3.25. The zero-order valence-electron chi connectivity index (χ0n) is 14.3. The number of nitrogens with zero attached hydrogens (tertiary/aromatic N) is 5. The van der Waals surface area contributed by atoms with E-state index in [1.807, 2.05) is 18.2 Å². The van der Waals surface area contributed by atoms with Crippen molar-refractivity contribution in [3.05, 3.63) is 54.1 Å². The van der Waals surface area contributed by atoms with Gasteiger partial charge in [0.05, 0.1) is 15.1 Å². The van der Waals surface area contributed by atoms with Crippen LogP contribution in [0.1, 0.15) is 5.56 Å². The Morgan fingerprint density at radius 2 is 1.96 bits per heavy atom. The van der Waals surface area contributed by atoms with Crippen molar-refractivity contribution in [2.24, 2.45) is 0 Å². The van der Waals surface area contributed by atoms with Crippen molar-refractivity contribution >= 4 is 43.2 Å². The summed E-state index contributed by atoms with van der Waals surface area (Å²) in [5.41, 5.74) is 1.98. The molecule has 0 atom stereocenters. The van der Waals surface area contributed by atoms with Crippen LogP contribution in [0.2, 0.25) is 0 Å². The van der Waals surface area contributed by atoms with Crippen molar-refractivity contribution < 1.29 is 8.42 Å². The number of benzene rings is 2. The first-order valence-electron chi connectivity index (χ1n) is 8.08. The second kappa shape index (κ2) is 7.37. The number of aromatic nitrogens is 5. The first kappa shape index (κ1) is 18.1. The van der Waals surface area contributed by atoms with Gasteiger partial charge in [-0.05, 0) is 52.4 Å². The third kappa shape index (κ3) is 4.18. The number of tetrazole rings is 1. The highest BCUT2D eigenvalue weighted by Gasteiger charge is 2.14. The molecule has 4 rings (SSSR count). The van der Waals surface area contributed by atoms with E-state index in [0.717, 1.165) is 21.0 Å². The van der Waals surface area contributed by atoms with Gasteiger partial charge < -0.3 is 0 Å². The normalized spacial score (nSPS) is 11.9. The van der Waals surface area contributed by atoms with Crippen LogP contribution in [0.5, 0.6) is 0 Å². The lowest BCUT2D eigenvalue weighted by molar-refractivity contribution is 0.548. The highest BCUT2D eigenvalue weighted by molar-refractivity contribution is 8.01. The van der Waals surface area contributed by atoms with Crippen LogP contribution in [-0.2, 0) is 22.8 Å². The van der Waals surface area contributed by atoms with Gasteiger partial charge in [-0.2, -0.15) is 0 Å². The summed E-state index contributed by atoms with van der Waals surface area (Å²) in [5, 5.41) is 12.6. The number of hydrogen-bond donors (Lipinski definition) is 0. The third-order valence-electron chi connectivity index (χ3n) is 3.90. The van der Waals surface area contributed by atoms with E-state index in [4.69, 9.17) is 0 Å². The van der Waals surface area contributed by atoms with Crippen molar-refractivity contribution in [2.45, 2.75) is 27.4 Å². The molecule has 0 amide bonds. The van der Waals surface area contributed by atoms with Crippen molar-refractivity contribution in [3.8, 4) is 0 Å². The number of rotatable bonds is 6. The van der Waals surface area contributed by atoms with Gasteiger partial charge in [-0.15, -0.1) is 16.4 Å². The van der Waals surface area contributed by atoms with E-state index in [1.54, 1.807) is 22.9 Å². The standard InChI is InChI=1S/C17H15N5O2S3/c1-27(23,24)13-7-8-14-15(11-13)25-17(18-14)26-16-19-20-21-22(16)10-9-12-5-3-2-4-6-12/h2-8,11H,9-10H2,1H3. The first-order chi connectivity index (χ1) is 13.0. The fourth-order valence-electron chi connectivity index (χ4n) is 2.53. The van der Waals surface area contributed by atoms with Crippen molar-refractivity contribution in [3.63, 3.8) is 0 Å². The van der Waals surface area contributed by atoms with Crippen LogP contribution < -0.4 is 0 Å². The van der Waals surface area contributed by atoms with Gasteiger partial charge in [0.15, 0.2) is 14.2 Å². The van der Waals surface area contributed by atoms with Crippen LogP contribution in [-0.4, -0.2) is 39.9 Å². The van der Waals surface area contributed by atoms with Gasteiger partial charge in [-0.1, -0.05) is 30.3 Å². The molecule has 0 aliphatic rings. The Morgan fingerprint density at radius 1 is 1.15 bits per heavy atom. The van der Waals surface area contributed by atoms with Gasteiger partial charge in [0.25, 0.3) is 0 Å². The zero-order valence-corrected chi connectivity index (χ0v) is 16.8. The SMILES string of the molecule is CS(=O)(=O)c1ccc2nc(Sc3nnnn3CCc3ccccc3)sc2c1. The number of thiazole rings is 1. The summed E-state index contributed by atoms with van der Waals surface area (Å²) >= 11 is 2.81. The zero-order chi connectivity index (χ0) is 18.9. The summed E-state index contributed by atoms with van der Waals surface area (Å²) in [7, 11) is -3.24. The third-order valence-corrected chi connectivity index (χ3v) is 7.07. The van der Waals surface area contributed by atoms with Crippen LogP contribution in [0.3, 0.4) is 0 Å². The van der Waals surface area contributed by atoms with Crippen LogP contribution in [0.15, 0.2) is 62.9 Å². The van der Waals surface area contributed by atoms with Gasteiger partial charge in [0.1, 0.15) is 0 Å². The highest BCUT2D eigenvalue weighted by atomic mass is 32.2. The van der Waals surface area contributed by atoms with Crippen LogP contribution >= 0.6 is 23.1 Å². The van der Waals surface area contributed by atoms with Gasteiger partial charge >= 0.3 is 0 Å². The molecule has 0 saturated carbocycles. The largest absolute Gasteiger partial charge is 0.229 e. The highest BCUT2D eigenvalue weighted by Crippen LogP contribution is 2.34. The molecule has 2 aromatic heterocycles. The van der Waals surface area contributed by atoms with Crippen LogP contribution in [0.25, 0.3) is 10.2 Å². The maximum atomic E-state index is 11.7. The quantitative estimate of drug-likeness (QED) is 0.476. The van der Waals surface area contributed by atoms with E-state index in [1.165, 1.54) is 34.9 Å². The maximum absolute atomic E-state index is 11.7. The Morgan fingerprint density at radius 3 is 2.74 bits per heavy atom. The predicted octanol–water partition coefficient (Wildman–Crippen LogP) is 3.08. The number of fused-ring (bicyclic) bond motifs is 1. The molecule has 0 aliphatic heterocycles. The van der Waals surface area contributed by atoms with Gasteiger partial charge in [-0.25, -0.2) is 18.1 Å². The molecule has 0 bridgehead atoms. The van der Waals surface area contributed by atoms with E-state index in [-0.39, 0.29) is 0 Å². The molecule has 7 nitrogen and oxygen atoms in total. The average molecular weight is 418 g/mol. The lowest BCUT2D eigenvalue weighted by atomic mass is 10.2. The van der Waals surface area contributed by atoms with Crippen molar-refractivity contribution in [2.75, 3.05) is 6.26 Å². The molecule has 0 radical (unpaired) electrons. The van der Waals surface area contributed by atoms with E-state index >= 15 is 0 Å². The van der Waals surface area contributed by atoms with Gasteiger partial charge in [0, 0.05) is 12.8 Å². The first-order valence-corrected chi connectivity index (χ1v) is 11.6. The minimum absolute atomic E-state index is 0.294. The molecule has 0 aliphatic carbocycles. The lowest BCUT2D eigenvalue weighted by Crippen LogP contribution is -2.05. The lowest BCUT2D eigenvalue weighted by Gasteiger charge is -2.03. The monoisotopic (exact) mass is 417 g/mol. The van der Waals surface area contributed by atoms with Crippen LogP contribution in [0, 0.1) is 0 Å². The second-order valence-corrected chi connectivity index (χ2v) is 10.2. The minimum atomic E-state index is -3.24. The Bertz CT molecular complexity index is 1190. The fraction of sp³-hybridized carbons (Fsp3) is 0.176. The summed E-state index contributed by atoms with van der Waals surface area (Å²) < 4.78 is 26.8. The smallest absolute Gasteiger partial charge is 0.216 e. The Labute approximate surface area is 164 Å². The molecule has 2 heterocycles. The minimum Gasteiger partial charge on any atom is -0.229 e. The van der Waals surface area contributed by atoms with E-state index in [2.05, 4.69) is 32.6 Å².